The van der Waals surface area contributed by atoms with Crippen LogP contribution in [0, 0.1) is 5.82 Å². The molecule has 0 bridgehead atoms. The molecule has 1 aromatic heterocycles. The molecule has 1 aliphatic heterocycles. The van der Waals surface area contributed by atoms with E-state index in [4.69, 9.17) is 18.5 Å². The van der Waals surface area contributed by atoms with Crippen LogP contribution < -0.4 is 20.9 Å². The summed E-state index contributed by atoms with van der Waals surface area (Å²) < 4.78 is 51.3. The maximum Gasteiger partial charge on any atom is 0.459 e. The van der Waals surface area contributed by atoms with Gasteiger partial charge >= 0.3 is 19.4 Å². The topological polar surface area (TPSA) is 158 Å². The van der Waals surface area contributed by atoms with E-state index in [2.05, 4.69) is 5.09 Å². The van der Waals surface area contributed by atoms with E-state index in [0.717, 1.165) is 9.95 Å². The number of nitrogens with zero attached hydrogens (tertiary/aromatic N) is 1. The van der Waals surface area contributed by atoms with E-state index >= 15 is 0 Å². The van der Waals surface area contributed by atoms with Gasteiger partial charge in [0.05, 0.1) is 25.0 Å². The number of aromatic nitrogens is 2. The van der Waals surface area contributed by atoms with Gasteiger partial charge in [-0.15, -0.1) is 0 Å². The van der Waals surface area contributed by atoms with Crippen LogP contribution in [0.3, 0.4) is 0 Å². The number of H-pyrrole nitrogens is 1. The minimum Gasteiger partial charge on any atom is -0.462 e. The van der Waals surface area contributed by atoms with Crippen LogP contribution >= 0.6 is 7.75 Å². The molecule has 3 aromatic rings. The van der Waals surface area contributed by atoms with E-state index in [-0.39, 0.29) is 12.2 Å². The Morgan fingerprint density at radius 3 is 2.67 bits per heavy atom. The molecule has 1 aliphatic rings. The number of carbonyl (C=O) groups is 1. The molecule has 5 atom stereocenters. The lowest BCUT2D eigenvalue weighted by molar-refractivity contribution is -0.149. The monoisotopic (exact) mass is 579 g/mol. The van der Waals surface area contributed by atoms with Gasteiger partial charge in [0.2, 0.25) is 5.82 Å². The molecule has 0 radical (unpaired) electrons. The maximum atomic E-state index is 14.0. The molecule has 4 rings (SSSR count). The van der Waals surface area contributed by atoms with E-state index < -0.39 is 67.5 Å². The highest BCUT2D eigenvalue weighted by atomic mass is 31.2. The minimum absolute atomic E-state index is 0.175. The number of hydrogen-bond donors (Lipinski definition) is 3. The van der Waals surface area contributed by atoms with Crippen molar-refractivity contribution in [1.82, 2.24) is 14.6 Å². The number of halogens is 1. The van der Waals surface area contributed by atoms with Crippen LogP contribution in [0.2, 0.25) is 0 Å². The van der Waals surface area contributed by atoms with Gasteiger partial charge < -0.3 is 19.1 Å². The third-order valence-electron chi connectivity index (χ3n) is 6.26. The molecule has 2 aromatic carbocycles. The van der Waals surface area contributed by atoms with Crippen LogP contribution in [-0.4, -0.2) is 51.6 Å². The number of aliphatic hydroxyl groups excluding tert-OH is 1. The van der Waals surface area contributed by atoms with Crippen LogP contribution in [0.25, 0.3) is 10.8 Å². The second kappa shape index (κ2) is 11.6. The number of ether oxygens (including phenoxy) is 2. The second-order valence-electron chi connectivity index (χ2n) is 9.91. The highest BCUT2D eigenvalue weighted by Crippen LogP contribution is 2.48. The second-order valence-corrected chi connectivity index (χ2v) is 11.6. The van der Waals surface area contributed by atoms with Crippen molar-refractivity contribution in [2.75, 3.05) is 6.61 Å². The third kappa shape index (κ3) is 6.51. The number of nitrogens with one attached hydrogen (secondary N) is 2. The first-order valence-electron chi connectivity index (χ1n) is 12.6. The van der Waals surface area contributed by atoms with Crippen molar-refractivity contribution >= 4 is 24.5 Å². The molecule has 0 saturated carbocycles. The summed E-state index contributed by atoms with van der Waals surface area (Å²) in [4.78, 5) is 38.1. The largest absolute Gasteiger partial charge is 0.462 e. The molecule has 14 heteroatoms. The van der Waals surface area contributed by atoms with Crippen LogP contribution in [0.1, 0.15) is 34.1 Å². The molecule has 40 heavy (non-hydrogen) atoms. The van der Waals surface area contributed by atoms with Crippen molar-refractivity contribution in [3.05, 3.63) is 75.3 Å². The van der Waals surface area contributed by atoms with Gasteiger partial charge in [0.1, 0.15) is 23.6 Å². The molecule has 1 saturated heterocycles. The van der Waals surface area contributed by atoms with Gasteiger partial charge in [0.15, 0.2) is 0 Å². The number of hydrogen-bond acceptors (Lipinski definition) is 9. The summed E-state index contributed by atoms with van der Waals surface area (Å²) in [5.41, 5.74) is -3.68. The van der Waals surface area contributed by atoms with Gasteiger partial charge in [-0.25, -0.2) is 9.36 Å². The molecule has 0 spiro atoms. The van der Waals surface area contributed by atoms with Crippen LogP contribution in [0.5, 0.6) is 5.75 Å². The number of rotatable bonds is 10. The van der Waals surface area contributed by atoms with E-state index in [1.807, 2.05) is 23.2 Å². The van der Waals surface area contributed by atoms with Gasteiger partial charge in [-0.3, -0.25) is 23.7 Å². The van der Waals surface area contributed by atoms with Gasteiger partial charge in [-0.1, -0.05) is 36.4 Å². The molecule has 216 valence electrons. The summed E-state index contributed by atoms with van der Waals surface area (Å²) >= 11 is 0. The minimum atomic E-state index is -4.33. The normalized spacial score (nSPS) is 23.2. The smallest absolute Gasteiger partial charge is 0.459 e. The van der Waals surface area contributed by atoms with Crippen molar-refractivity contribution in [3.8, 4) is 5.75 Å². The lowest BCUT2D eigenvalue weighted by atomic mass is 10.1. The quantitative estimate of drug-likeness (QED) is 0.241. The summed E-state index contributed by atoms with van der Waals surface area (Å²) in [6, 6.07) is 11.3. The highest BCUT2D eigenvalue weighted by molar-refractivity contribution is 7.52. The molecule has 12 nitrogen and oxygen atoms in total. The van der Waals surface area contributed by atoms with Crippen molar-refractivity contribution in [1.29, 1.82) is 0 Å². The number of aliphatic hydroxyl groups is 1. The van der Waals surface area contributed by atoms with E-state index in [9.17, 15) is 28.4 Å². The fraction of sp³-hybridized carbons (Fsp3) is 0.423. The molecular formula is C26H31FN3O9P. The van der Waals surface area contributed by atoms with Gasteiger partial charge in [-0.2, -0.15) is 9.48 Å². The van der Waals surface area contributed by atoms with Crippen molar-refractivity contribution in [3.63, 3.8) is 0 Å². The standard InChI is InChI=1S/C26H31FN3O9P/c1-15(2)37-24(33)16(3)29-40(35,39-21-11-7-9-17-8-5-6-10-18(17)21)36-14-22-20(31)12-26(4,38-22)30-13-19(27)23(32)28-25(30)34/h5-11,13,15-16,20,22,31H,12,14H2,1-4H3,(H,29,35)(H,28,32,34)/t16-,20?,22+,26+,40?/m0/s1. The average Bonchev–Trinajstić information content (AvgIpc) is 3.18. The number of benzene rings is 2. The predicted octanol–water partition coefficient (Wildman–Crippen LogP) is 2.78. The Bertz CT molecular complexity index is 1550. The van der Waals surface area contributed by atoms with Crippen LogP contribution in [0.4, 0.5) is 4.39 Å². The average molecular weight is 580 g/mol. The fourth-order valence-electron chi connectivity index (χ4n) is 4.36. The molecule has 0 amide bonds. The zero-order valence-corrected chi connectivity index (χ0v) is 23.2. The van der Waals surface area contributed by atoms with Crippen molar-refractivity contribution < 1.29 is 37.4 Å². The maximum absolute atomic E-state index is 14.0. The summed E-state index contributed by atoms with van der Waals surface area (Å²) in [6.07, 6.45) is -2.28. The third-order valence-corrected chi connectivity index (χ3v) is 7.89. The number of esters is 1. The summed E-state index contributed by atoms with van der Waals surface area (Å²) in [6.45, 7) is 5.69. The Morgan fingerprint density at radius 2 is 1.95 bits per heavy atom. The molecule has 0 aliphatic carbocycles. The SMILES string of the molecule is CC(C)OC(=O)[C@H](C)NP(=O)(OC[C@H]1O[C@@](C)(n2cc(F)c(=O)[nH]c2=O)CC1O)Oc1cccc2ccccc12. The lowest BCUT2D eigenvalue weighted by Gasteiger charge is -2.28. The summed E-state index contributed by atoms with van der Waals surface area (Å²) in [7, 11) is -4.33. The lowest BCUT2D eigenvalue weighted by Crippen LogP contribution is -2.43. The summed E-state index contributed by atoms with van der Waals surface area (Å²) in [5, 5.41) is 14.7. The predicted molar refractivity (Wildman–Crippen MR) is 142 cm³/mol. The zero-order valence-electron chi connectivity index (χ0n) is 22.3. The van der Waals surface area contributed by atoms with E-state index in [1.54, 1.807) is 38.1 Å². The van der Waals surface area contributed by atoms with Crippen LogP contribution in [0.15, 0.2) is 58.3 Å². The van der Waals surface area contributed by atoms with Crippen LogP contribution in [-0.2, 0) is 29.1 Å². The Kier molecular flexibility index (Phi) is 8.62. The Morgan fingerprint density at radius 1 is 1.25 bits per heavy atom. The Labute approximate surface area is 228 Å². The molecule has 2 heterocycles. The van der Waals surface area contributed by atoms with E-state index in [1.165, 1.54) is 13.8 Å². The molecule has 2 unspecified atom stereocenters. The van der Waals surface area contributed by atoms with Gasteiger partial charge in [0, 0.05) is 11.8 Å². The highest BCUT2D eigenvalue weighted by Gasteiger charge is 2.46. The van der Waals surface area contributed by atoms with Crippen molar-refractivity contribution in [2.45, 2.75) is 64.2 Å². The Hall–Kier alpha value is -3.35. The zero-order chi connectivity index (χ0) is 29.2. The van der Waals surface area contributed by atoms with Gasteiger partial charge in [-0.05, 0) is 39.1 Å². The molecule has 1 fully saturated rings. The fourth-order valence-corrected chi connectivity index (χ4v) is 5.88. The number of fused-ring (bicyclic) bond motifs is 1. The summed E-state index contributed by atoms with van der Waals surface area (Å²) in [5.74, 6) is -1.69. The molecule has 3 N–H and O–H groups in total. The van der Waals surface area contributed by atoms with E-state index in [0.29, 0.717) is 11.6 Å². The first-order chi connectivity index (χ1) is 18.8. The number of carbonyl (C=O) groups excluding carboxylic acids is 1. The Balaban J connectivity index is 1.58. The first kappa shape index (κ1) is 29.6. The first-order valence-corrected chi connectivity index (χ1v) is 14.1. The number of aromatic amines is 1. The van der Waals surface area contributed by atoms with Crippen molar-refractivity contribution in [2.24, 2.45) is 0 Å². The molecular weight excluding hydrogens is 548 g/mol. The van der Waals surface area contributed by atoms with Gasteiger partial charge in [0.25, 0.3) is 5.56 Å².